The van der Waals surface area contributed by atoms with Crippen LogP contribution in [0.25, 0.3) is 11.4 Å². The maximum atomic E-state index is 13.1. The number of hydrogen-bond acceptors (Lipinski definition) is 6. The largest absolute Gasteiger partial charge is 0.505 e. The molecule has 0 aliphatic carbocycles. The van der Waals surface area contributed by atoms with E-state index in [1.54, 1.807) is 29.7 Å². The average molecular weight is 422 g/mol. The van der Waals surface area contributed by atoms with Gasteiger partial charge in [-0.3, -0.25) is 14.0 Å². The Balaban J connectivity index is 1.86. The molecule has 0 spiro atoms. The van der Waals surface area contributed by atoms with Gasteiger partial charge >= 0.3 is 0 Å². The van der Waals surface area contributed by atoms with Gasteiger partial charge < -0.3 is 19.3 Å². The summed E-state index contributed by atoms with van der Waals surface area (Å²) in [6.07, 6.45) is 3.97. The molecule has 0 aromatic carbocycles. The van der Waals surface area contributed by atoms with E-state index in [9.17, 15) is 14.7 Å². The zero-order valence-corrected chi connectivity index (χ0v) is 18.1. The quantitative estimate of drug-likeness (QED) is 0.373. The van der Waals surface area contributed by atoms with Crippen LogP contribution in [0.2, 0.25) is 0 Å². The van der Waals surface area contributed by atoms with Crippen molar-refractivity contribution in [2.75, 3.05) is 27.2 Å². The summed E-state index contributed by atoms with van der Waals surface area (Å²) >= 11 is 0. The number of aliphatic hydroxyl groups is 1. The van der Waals surface area contributed by atoms with Crippen molar-refractivity contribution in [1.29, 1.82) is 0 Å². The van der Waals surface area contributed by atoms with E-state index in [0.29, 0.717) is 35.8 Å². The zero-order valence-electron chi connectivity index (χ0n) is 18.1. The van der Waals surface area contributed by atoms with E-state index < -0.39 is 17.7 Å². The fourth-order valence-corrected chi connectivity index (χ4v) is 4.14. The summed E-state index contributed by atoms with van der Waals surface area (Å²) in [6.45, 7) is 4.84. The fourth-order valence-electron chi connectivity index (χ4n) is 4.14. The van der Waals surface area contributed by atoms with Gasteiger partial charge in [0.25, 0.3) is 11.7 Å². The van der Waals surface area contributed by atoms with Gasteiger partial charge in [0.1, 0.15) is 23.1 Å². The summed E-state index contributed by atoms with van der Waals surface area (Å²) in [5, 5.41) is 11.3. The summed E-state index contributed by atoms with van der Waals surface area (Å²) in [7, 11) is 3.90. The minimum absolute atomic E-state index is 0.0243. The maximum Gasteiger partial charge on any atom is 0.295 e. The van der Waals surface area contributed by atoms with Crippen LogP contribution in [-0.2, 0) is 9.59 Å². The van der Waals surface area contributed by atoms with Crippen molar-refractivity contribution in [2.24, 2.45) is 0 Å². The van der Waals surface area contributed by atoms with Crippen molar-refractivity contribution in [3.05, 3.63) is 65.0 Å². The molecule has 0 radical (unpaired) electrons. The number of Topliss-reactive ketones (excluding diaryl/α,β-unsaturated/α-hetero) is 1. The number of aromatic nitrogens is 2. The first-order chi connectivity index (χ1) is 14.8. The Bertz CT molecular complexity index is 1170. The second-order valence-electron chi connectivity index (χ2n) is 8.10. The van der Waals surface area contributed by atoms with Crippen LogP contribution in [0.5, 0.6) is 0 Å². The molecule has 1 aliphatic heterocycles. The fraction of sp³-hybridized carbons (Fsp3) is 0.348. The number of amides is 1. The molecule has 1 N–H and O–H groups in total. The van der Waals surface area contributed by atoms with Crippen LogP contribution in [0.3, 0.4) is 0 Å². The number of hydrogen-bond donors (Lipinski definition) is 1. The second kappa shape index (κ2) is 8.03. The summed E-state index contributed by atoms with van der Waals surface area (Å²) in [6, 6.07) is 6.42. The van der Waals surface area contributed by atoms with Gasteiger partial charge in [0.05, 0.1) is 17.5 Å². The van der Waals surface area contributed by atoms with E-state index >= 15 is 0 Å². The first kappa shape index (κ1) is 20.9. The molecule has 8 nitrogen and oxygen atoms in total. The van der Waals surface area contributed by atoms with E-state index in [0.717, 1.165) is 12.1 Å². The third-order valence-electron chi connectivity index (χ3n) is 5.60. The Morgan fingerprint density at radius 2 is 2.00 bits per heavy atom. The van der Waals surface area contributed by atoms with Crippen LogP contribution in [0, 0.1) is 13.8 Å². The van der Waals surface area contributed by atoms with Crippen LogP contribution >= 0.6 is 0 Å². The maximum absolute atomic E-state index is 13.1. The van der Waals surface area contributed by atoms with E-state index in [1.807, 2.05) is 38.1 Å². The molecule has 3 aromatic heterocycles. The lowest BCUT2D eigenvalue weighted by Gasteiger charge is -2.24. The minimum atomic E-state index is -0.785. The lowest BCUT2D eigenvalue weighted by atomic mass is 10.0. The van der Waals surface area contributed by atoms with Crippen molar-refractivity contribution in [3.63, 3.8) is 0 Å². The molecule has 1 atom stereocenters. The molecule has 0 unspecified atom stereocenters. The normalized spacial score (nSPS) is 18.6. The summed E-state index contributed by atoms with van der Waals surface area (Å²) in [4.78, 5) is 34.1. The number of ketones is 1. The van der Waals surface area contributed by atoms with Gasteiger partial charge in [0.2, 0.25) is 0 Å². The number of pyridine rings is 1. The SMILES string of the molecule is Cc1nc2c(C)cccn2c1C(O)=C1C(=O)C(=O)N(CCCN(C)C)[C@H]1c1ccco1. The number of nitrogens with zero attached hydrogens (tertiary/aromatic N) is 4. The molecule has 162 valence electrons. The van der Waals surface area contributed by atoms with Crippen LogP contribution in [-0.4, -0.2) is 63.2 Å². The minimum Gasteiger partial charge on any atom is -0.505 e. The lowest BCUT2D eigenvalue weighted by Crippen LogP contribution is -2.32. The molecule has 1 saturated heterocycles. The molecule has 8 heteroatoms. The van der Waals surface area contributed by atoms with Gasteiger partial charge in [0.15, 0.2) is 5.76 Å². The molecule has 4 heterocycles. The Morgan fingerprint density at radius 3 is 2.68 bits per heavy atom. The number of aryl methyl sites for hydroxylation is 2. The Labute approximate surface area is 180 Å². The number of carbonyl (C=O) groups is 2. The highest BCUT2D eigenvalue weighted by atomic mass is 16.3. The van der Waals surface area contributed by atoms with Crippen molar-refractivity contribution >= 4 is 23.1 Å². The Morgan fingerprint density at radius 1 is 1.23 bits per heavy atom. The summed E-state index contributed by atoms with van der Waals surface area (Å²) < 4.78 is 7.33. The lowest BCUT2D eigenvalue weighted by molar-refractivity contribution is -0.140. The molecule has 3 aromatic rings. The number of aliphatic hydroxyl groups excluding tert-OH is 1. The standard InChI is InChI=1S/C23H26N4O4/c1-14-8-5-11-26-18(15(2)24-22(14)26)20(28)17-19(16-9-6-13-31-16)27(23(30)21(17)29)12-7-10-25(3)4/h5-6,8-9,11,13,19,28H,7,10,12H2,1-4H3/t19-/m0/s1. The number of likely N-dealkylation sites (tertiary alicyclic amines) is 1. The van der Waals surface area contributed by atoms with Gasteiger partial charge in [-0.25, -0.2) is 4.98 Å². The third-order valence-corrected chi connectivity index (χ3v) is 5.60. The van der Waals surface area contributed by atoms with Crippen molar-refractivity contribution in [2.45, 2.75) is 26.3 Å². The van der Waals surface area contributed by atoms with Gasteiger partial charge in [-0.15, -0.1) is 0 Å². The van der Waals surface area contributed by atoms with E-state index in [-0.39, 0.29) is 11.3 Å². The predicted octanol–water partition coefficient (Wildman–Crippen LogP) is 2.92. The second-order valence-corrected chi connectivity index (χ2v) is 8.10. The number of carbonyl (C=O) groups excluding carboxylic acids is 2. The van der Waals surface area contributed by atoms with Crippen LogP contribution < -0.4 is 0 Å². The molecule has 4 rings (SSSR count). The highest BCUT2D eigenvalue weighted by Crippen LogP contribution is 2.40. The van der Waals surface area contributed by atoms with Gasteiger partial charge in [-0.05, 0) is 64.7 Å². The molecule has 1 amide bonds. The molecule has 1 fully saturated rings. The zero-order chi connectivity index (χ0) is 22.3. The highest BCUT2D eigenvalue weighted by molar-refractivity contribution is 6.46. The van der Waals surface area contributed by atoms with E-state index in [2.05, 4.69) is 4.98 Å². The van der Waals surface area contributed by atoms with Gasteiger partial charge in [0, 0.05) is 12.7 Å². The van der Waals surface area contributed by atoms with Crippen molar-refractivity contribution in [1.82, 2.24) is 19.2 Å². The topological polar surface area (TPSA) is 91.3 Å². The first-order valence-electron chi connectivity index (χ1n) is 10.2. The van der Waals surface area contributed by atoms with Crippen molar-refractivity contribution in [3.8, 4) is 0 Å². The summed E-state index contributed by atoms with van der Waals surface area (Å²) in [5.41, 5.74) is 2.63. The molecule has 1 aliphatic rings. The van der Waals surface area contributed by atoms with Crippen LogP contribution in [0.4, 0.5) is 0 Å². The van der Waals surface area contributed by atoms with Crippen LogP contribution in [0.15, 0.2) is 46.7 Å². The molecule has 0 saturated carbocycles. The van der Waals surface area contributed by atoms with Gasteiger partial charge in [-0.2, -0.15) is 0 Å². The van der Waals surface area contributed by atoms with E-state index in [4.69, 9.17) is 4.42 Å². The highest BCUT2D eigenvalue weighted by Gasteiger charge is 2.47. The number of imidazole rings is 1. The first-order valence-corrected chi connectivity index (χ1v) is 10.2. The smallest absolute Gasteiger partial charge is 0.295 e. The van der Waals surface area contributed by atoms with Gasteiger partial charge in [-0.1, -0.05) is 6.07 Å². The van der Waals surface area contributed by atoms with Crippen molar-refractivity contribution < 1.29 is 19.1 Å². The average Bonchev–Trinajstić information content (AvgIpc) is 3.41. The number of furan rings is 1. The molecule has 31 heavy (non-hydrogen) atoms. The molecular weight excluding hydrogens is 396 g/mol. The molecular formula is C23H26N4O4. The summed E-state index contributed by atoms with van der Waals surface area (Å²) in [5.74, 6) is -1.16. The molecule has 0 bridgehead atoms. The number of fused-ring (bicyclic) bond motifs is 1. The monoisotopic (exact) mass is 422 g/mol. The number of rotatable bonds is 6. The third kappa shape index (κ3) is 3.53. The van der Waals surface area contributed by atoms with E-state index in [1.165, 1.54) is 11.2 Å². The Hall–Kier alpha value is -3.39. The predicted molar refractivity (Wildman–Crippen MR) is 116 cm³/mol. The Kier molecular flexibility index (Phi) is 5.41. The van der Waals surface area contributed by atoms with Crippen LogP contribution in [0.1, 0.15) is 35.2 Å².